The Morgan fingerprint density at radius 2 is 1.95 bits per heavy atom. The minimum Gasteiger partial charge on any atom is -0.494 e. The average Bonchev–Trinajstić information content (AvgIpc) is 2.63. The molecule has 96 valence electrons. The van der Waals surface area contributed by atoms with Gasteiger partial charge in [0.15, 0.2) is 0 Å². The molecule has 0 fully saturated rings. The molecule has 0 saturated carbocycles. The lowest BCUT2D eigenvalue weighted by Crippen LogP contribution is -1.90. The van der Waals surface area contributed by atoms with Gasteiger partial charge in [0.25, 0.3) is 0 Å². The summed E-state index contributed by atoms with van der Waals surface area (Å²) in [5.74, 6) is 7.19. The third-order valence-electron chi connectivity index (χ3n) is 2.59. The van der Waals surface area contributed by atoms with E-state index < -0.39 is 0 Å². The molecule has 1 aliphatic carbocycles. The molecule has 0 spiro atoms. The second-order valence-electron chi connectivity index (χ2n) is 4.06. The van der Waals surface area contributed by atoms with Crippen molar-refractivity contribution in [3.8, 4) is 17.6 Å². The van der Waals surface area contributed by atoms with Crippen molar-refractivity contribution >= 4 is 11.6 Å². The number of ether oxygens (including phenoxy) is 1. The fourth-order valence-corrected chi connectivity index (χ4v) is 1.80. The Morgan fingerprint density at radius 3 is 2.68 bits per heavy atom. The zero-order valence-corrected chi connectivity index (χ0v) is 11.6. The van der Waals surface area contributed by atoms with Crippen LogP contribution >= 0.6 is 11.6 Å². The average molecular weight is 271 g/mol. The van der Waals surface area contributed by atoms with Crippen LogP contribution in [0.5, 0.6) is 5.75 Å². The maximum atomic E-state index is 5.92. The fourth-order valence-electron chi connectivity index (χ4n) is 1.65. The lowest BCUT2D eigenvalue weighted by Gasteiger charge is -2.01. The minimum atomic E-state index is 0.678. The fraction of sp³-hybridized carbons (Fsp3) is 0.176. The summed E-state index contributed by atoms with van der Waals surface area (Å²) >= 11 is 5.92. The molecule has 0 saturated heterocycles. The van der Waals surface area contributed by atoms with Crippen LogP contribution in [0.2, 0.25) is 0 Å². The Hall–Kier alpha value is -1.91. The van der Waals surface area contributed by atoms with Crippen LogP contribution in [0.25, 0.3) is 0 Å². The van der Waals surface area contributed by atoms with E-state index in [4.69, 9.17) is 16.3 Å². The van der Waals surface area contributed by atoms with Crippen molar-refractivity contribution in [2.75, 3.05) is 6.61 Å². The summed E-state index contributed by atoms with van der Waals surface area (Å²) in [4.78, 5) is 0. The normalized spacial score (nSPS) is 13.8. The highest BCUT2D eigenvalue weighted by Gasteiger charge is 1.95. The van der Waals surface area contributed by atoms with E-state index in [0.717, 1.165) is 28.3 Å². The van der Waals surface area contributed by atoms with Crippen LogP contribution in [0, 0.1) is 11.8 Å². The van der Waals surface area contributed by atoms with Crippen LogP contribution in [0.4, 0.5) is 0 Å². The Bertz CT molecular complexity index is 580. The van der Waals surface area contributed by atoms with Gasteiger partial charge in [0, 0.05) is 16.2 Å². The van der Waals surface area contributed by atoms with Crippen molar-refractivity contribution in [1.82, 2.24) is 0 Å². The zero-order chi connectivity index (χ0) is 13.5. The molecule has 1 aliphatic rings. The minimum absolute atomic E-state index is 0.678. The van der Waals surface area contributed by atoms with Gasteiger partial charge in [-0.2, -0.15) is 0 Å². The van der Waals surface area contributed by atoms with Crippen LogP contribution in [-0.4, -0.2) is 6.61 Å². The first-order chi connectivity index (χ1) is 9.28. The molecule has 0 amide bonds. The number of rotatable bonds is 2. The van der Waals surface area contributed by atoms with Crippen LogP contribution in [0.1, 0.15) is 18.9 Å². The van der Waals surface area contributed by atoms with Gasteiger partial charge in [0.1, 0.15) is 5.75 Å². The number of allylic oxidation sites excluding steroid dienone is 6. The molecule has 0 atom stereocenters. The first-order valence-corrected chi connectivity index (χ1v) is 6.63. The Morgan fingerprint density at radius 1 is 1.16 bits per heavy atom. The van der Waals surface area contributed by atoms with Gasteiger partial charge in [0.05, 0.1) is 6.61 Å². The molecule has 0 radical (unpaired) electrons. The maximum absolute atomic E-state index is 5.92. The van der Waals surface area contributed by atoms with E-state index in [-0.39, 0.29) is 0 Å². The molecular weight excluding hydrogens is 256 g/mol. The van der Waals surface area contributed by atoms with Gasteiger partial charge in [-0.1, -0.05) is 29.5 Å². The smallest absolute Gasteiger partial charge is 0.119 e. The molecule has 1 aromatic rings. The van der Waals surface area contributed by atoms with Crippen molar-refractivity contribution < 1.29 is 4.74 Å². The summed E-state index contributed by atoms with van der Waals surface area (Å²) in [6.07, 6.45) is 8.56. The second kappa shape index (κ2) is 6.87. The monoisotopic (exact) mass is 270 g/mol. The molecule has 1 nitrogen and oxygen atoms in total. The highest BCUT2D eigenvalue weighted by atomic mass is 35.5. The van der Waals surface area contributed by atoms with Gasteiger partial charge in [-0.25, -0.2) is 0 Å². The third kappa shape index (κ3) is 4.35. The van der Waals surface area contributed by atoms with Crippen molar-refractivity contribution in [2.45, 2.75) is 13.3 Å². The summed E-state index contributed by atoms with van der Waals surface area (Å²) in [5, 5.41) is 0.734. The number of hydrogen-bond donors (Lipinski definition) is 0. The van der Waals surface area contributed by atoms with Gasteiger partial charge >= 0.3 is 0 Å². The first-order valence-electron chi connectivity index (χ1n) is 6.25. The lowest BCUT2D eigenvalue weighted by molar-refractivity contribution is 0.340. The summed E-state index contributed by atoms with van der Waals surface area (Å²) in [6.45, 7) is 2.65. The highest BCUT2D eigenvalue weighted by molar-refractivity contribution is 6.31. The zero-order valence-electron chi connectivity index (χ0n) is 10.8. The Labute approximate surface area is 119 Å². The molecule has 2 rings (SSSR count). The molecule has 1 aromatic carbocycles. The molecule has 2 heteroatoms. The molecule has 0 aromatic heterocycles. The van der Waals surface area contributed by atoms with E-state index in [1.54, 1.807) is 0 Å². The first kappa shape index (κ1) is 13.5. The van der Waals surface area contributed by atoms with Crippen molar-refractivity contribution in [2.24, 2.45) is 0 Å². The largest absolute Gasteiger partial charge is 0.494 e. The van der Waals surface area contributed by atoms with Gasteiger partial charge in [-0.15, -0.1) is 0 Å². The van der Waals surface area contributed by atoms with E-state index in [9.17, 15) is 0 Å². The van der Waals surface area contributed by atoms with Crippen LogP contribution in [-0.2, 0) is 0 Å². The summed E-state index contributed by atoms with van der Waals surface area (Å²) in [6, 6.07) is 7.80. The quantitative estimate of drug-likeness (QED) is 0.722. The van der Waals surface area contributed by atoms with Crippen molar-refractivity contribution in [3.05, 3.63) is 64.7 Å². The summed E-state index contributed by atoms with van der Waals surface area (Å²) < 4.78 is 5.39. The van der Waals surface area contributed by atoms with Gasteiger partial charge < -0.3 is 4.74 Å². The van der Waals surface area contributed by atoms with E-state index in [1.165, 1.54) is 0 Å². The van der Waals surface area contributed by atoms with Crippen LogP contribution in [0.15, 0.2) is 59.2 Å². The molecule has 0 N–H and O–H groups in total. The molecule has 0 aliphatic heterocycles. The van der Waals surface area contributed by atoms with E-state index in [1.807, 2.05) is 55.5 Å². The third-order valence-corrected chi connectivity index (χ3v) is 2.84. The van der Waals surface area contributed by atoms with Crippen LogP contribution in [0.3, 0.4) is 0 Å². The lowest BCUT2D eigenvalue weighted by atomic mass is 10.1. The standard InChI is InChI=1S/C17H15ClO/c1-2-19-17-12-9-15(10-13-17)7-6-14-4-3-5-16(18)11-8-14/h3,5,8-13H,2,4H2,1H3. The van der Waals surface area contributed by atoms with Gasteiger partial charge in [-0.3, -0.25) is 0 Å². The van der Waals surface area contributed by atoms with Crippen LogP contribution < -0.4 is 4.74 Å². The topological polar surface area (TPSA) is 9.23 Å². The number of halogens is 1. The number of hydrogen-bond acceptors (Lipinski definition) is 1. The number of benzene rings is 1. The Balaban J connectivity index is 2.09. The molecule has 0 unspecified atom stereocenters. The van der Waals surface area contributed by atoms with E-state index >= 15 is 0 Å². The van der Waals surface area contributed by atoms with Crippen molar-refractivity contribution in [3.63, 3.8) is 0 Å². The predicted octanol–water partition coefficient (Wildman–Crippen LogP) is 4.45. The SMILES string of the molecule is CCOc1ccc(C#CC2=CC=C(Cl)C=CC2)cc1. The summed E-state index contributed by atoms with van der Waals surface area (Å²) in [5.41, 5.74) is 2.04. The maximum Gasteiger partial charge on any atom is 0.119 e. The van der Waals surface area contributed by atoms with E-state index in [2.05, 4.69) is 11.8 Å². The Kier molecular flexibility index (Phi) is 4.89. The molecular formula is C17H15ClO. The van der Waals surface area contributed by atoms with Crippen molar-refractivity contribution in [1.29, 1.82) is 0 Å². The molecule has 0 bridgehead atoms. The second-order valence-corrected chi connectivity index (χ2v) is 4.49. The molecule has 0 heterocycles. The summed E-state index contributed by atoms with van der Waals surface area (Å²) in [7, 11) is 0. The predicted molar refractivity (Wildman–Crippen MR) is 80.3 cm³/mol. The van der Waals surface area contributed by atoms with Gasteiger partial charge in [-0.05, 0) is 55.8 Å². The van der Waals surface area contributed by atoms with E-state index in [0.29, 0.717) is 6.61 Å². The van der Waals surface area contributed by atoms with Gasteiger partial charge in [0.2, 0.25) is 0 Å². The highest BCUT2D eigenvalue weighted by Crippen LogP contribution is 2.14. The molecule has 19 heavy (non-hydrogen) atoms.